The van der Waals surface area contributed by atoms with Gasteiger partial charge in [-0.05, 0) is 50.6 Å². The molecule has 1 heterocycles. The number of aliphatic carboxylic acids is 1. The third-order valence-electron chi connectivity index (χ3n) is 4.52. The zero-order chi connectivity index (χ0) is 12.3. The molecule has 1 saturated carbocycles. The van der Waals surface area contributed by atoms with Crippen LogP contribution >= 0.6 is 0 Å². The quantitative estimate of drug-likeness (QED) is 0.820. The molecule has 2 fully saturated rings. The summed E-state index contributed by atoms with van der Waals surface area (Å²) in [7, 11) is 0. The second-order valence-electron chi connectivity index (χ2n) is 5.96. The third kappa shape index (κ3) is 3.44. The van der Waals surface area contributed by atoms with Crippen molar-refractivity contribution in [3.05, 3.63) is 0 Å². The first-order valence-corrected chi connectivity index (χ1v) is 7.13. The van der Waals surface area contributed by atoms with Crippen LogP contribution in [-0.4, -0.2) is 35.1 Å². The summed E-state index contributed by atoms with van der Waals surface area (Å²) in [5.74, 6) is 1.09. The molecule has 2 aliphatic rings. The summed E-state index contributed by atoms with van der Waals surface area (Å²) in [5, 5.41) is 9.12. The molecule has 98 valence electrons. The number of hydrogen-bond donors (Lipinski definition) is 1. The summed E-state index contributed by atoms with van der Waals surface area (Å²) >= 11 is 0. The first-order valence-electron chi connectivity index (χ1n) is 7.13. The summed E-state index contributed by atoms with van der Waals surface area (Å²) in [6.07, 6.45) is 8.57. The number of nitrogens with zero attached hydrogens (tertiary/aromatic N) is 1. The lowest BCUT2D eigenvalue weighted by Gasteiger charge is -2.29. The summed E-state index contributed by atoms with van der Waals surface area (Å²) < 4.78 is 0. The minimum atomic E-state index is -0.625. The maximum Gasteiger partial charge on any atom is 0.320 e. The van der Waals surface area contributed by atoms with Crippen molar-refractivity contribution in [2.75, 3.05) is 13.1 Å². The first kappa shape index (κ1) is 12.9. The molecular formula is C14H25NO2. The van der Waals surface area contributed by atoms with Crippen molar-refractivity contribution in [1.29, 1.82) is 0 Å². The van der Waals surface area contributed by atoms with Crippen LogP contribution in [0, 0.1) is 11.8 Å². The standard InChI is InChI=1S/C14H25NO2/c1-11-4-2-5-12(10-11)7-9-15-8-3-6-13(15)14(16)17/h11-13H,2-10H2,1H3,(H,16,17)/t11-,12+,13+/m1/s1. The maximum atomic E-state index is 11.1. The molecular weight excluding hydrogens is 214 g/mol. The molecule has 3 heteroatoms. The highest BCUT2D eigenvalue weighted by atomic mass is 16.4. The van der Waals surface area contributed by atoms with Gasteiger partial charge in [-0.2, -0.15) is 0 Å². The molecule has 1 aliphatic carbocycles. The lowest BCUT2D eigenvalue weighted by Crippen LogP contribution is -2.37. The number of hydrogen-bond acceptors (Lipinski definition) is 2. The Balaban J connectivity index is 1.75. The highest BCUT2D eigenvalue weighted by molar-refractivity contribution is 5.73. The number of carboxylic acid groups (broad SMARTS) is 1. The first-order chi connectivity index (χ1) is 8.16. The molecule has 0 aromatic carbocycles. The maximum absolute atomic E-state index is 11.1. The van der Waals surface area contributed by atoms with Gasteiger partial charge in [-0.1, -0.05) is 26.2 Å². The topological polar surface area (TPSA) is 40.5 Å². The normalized spacial score (nSPS) is 35.0. The predicted octanol–water partition coefficient (Wildman–Crippen LogP) is 2.75. The number of carboxylic acids is 1. The Bertz CT molecular complexity index is 267. The van der Waals surface area contributed by atoms with Crippen molar-refractivity contribution in [3.8, 4) is 0 Å². The minimum absolute atomic E-state index is 0.198. The Morgan fingerprint density at radius 3 is 2.82 bits per heavy atom. The van der Waals surface area contributed by atoms with Gasteiger partial charge in [-0.15, -0.1) is 0 Å². The van der Waals surface area contributed by atoms with E-state index in [1.165, 1.54) is 32.1 Å². The van der Waals surface area contributed by atoms with Gasteiger partial charge in [-0.3, -0.25) is 9.69 Å². The van der Waals surface area contributed by atoms with Crippen molar-refractivity contribution in [2.24, 2.45) is 11.8 Å². The van der Waals surface area contributed by atoms with Crippen LogP contribution in [0.3, 0.4) is 0 Å². The molecule has 1 aliphatic heterocycles. The molecule has 17 heavy (non-hydrogen) atoms. The second-order valence-corrected chi connectivity index (χ2v) is 5.96. The zero-order valence-corrected chi connectivity index (χ0v) is 10.9. The molecule has 0 spiro atoms. The molecule has 3 nitrogen and oxygen atoms in total. The second kappa shape index (κ2) is 5.85. The van der Waals surface area contributed by atoms with Crippen LogP contribution in [-0.2, 0) is 4.79 Å². The van der Waals surface area contributed by atoms with E-state index >= 15 is 0 Å². The number of rotatable bonds is 4. The van der Waals surface area contributed by atoms with Gasteiger partial charge in [0.25, 0.3) is 0 Å². The summed E-state index contributed by atoms with van der Waals surface area (Å²) in [6, 6.07) is -0.198. The van der Waals surface area contributed by atoms with Gasteiger partial charge < -0.3 is 5.11 Å². The summed E-state index contributed by atoms with van der Waals surface area (Å²) in [6.45, 7) is 4.33. The van der Waals surface area contributed by atoms with Crippen molar-refractivity contribution >= 4 is 5.97 Å². The molecule has 1 N–H and O–H groups in total. The smallest absolute Gasteiger partial charge is 0.320 e. The van der Waals surface area contributed by atoms with Crippen molar-refractivity contribution in [3.63, 3.8) is 0 Å². The van der Waals surface area contributed by atoms with Gasteiger partial charge in [0.05, 0.1) is 0 Å². The fraction of sp³-hybridized carbons (Fsp3) is 0.929. The van der Waals surface area contributed by atoms with E-state index in [1.807, 2.05) is 0 Å². The van der Waals surface area contributed by atoms with E-state index in [2.05, 4.69) is 11.8 Å². The highest BCUT2D eigenvalue weighted by Gasteiger charge is 2.30. The van der Waals surface area contributed by atoms with Crippen molar-refractivity contribution in [2.45, 2.75) is 57.9 Å². The third-order valence-corrected chi connectivity index (χ3v) is 4.52. The van der Waals surface area contributed by atoms with Gasteiger partial charge in [0.15, 0.2) is 0 Å². The van der Waals surface area contributed by atoms with Crippen molar-refractivity contribution < 1.29 is 9.90 Å². The molecule has 2 rings (SSSR count). The van der Waals surface area contributed by atoms with Crippen LogP contribution in [0.15, 0.2) is 0 Å². The average molecular weight is 239 g/mol. The van der Waals surface area contributed by atoms with Gasteiger partial charge in [0.2, 0.25) is 0 Å². The molecule has 1 saturated heterocycles. The van der Waals surface area contributed by atoms with E-state index in [4.69, 9.17) is 5.11 Å². The fourth-order valence-electron chi connectivity index (χ4n) is 3.54. The Kier molecular flexibility index (Phi) is 4.43. The van der Waals surface area contributed by atoms with Crippen LogP contribution in [0.25, 0.3) is 0 Å². The van der Waals surface area contributed by atoms with E-state index in [-0.39, 0.29) is 6.04 Å². The van der Waals surface area contributed by atoms with Crippen LogP contribution in [0.2, 0.25) is 0 Å². The highest BCUT2D eigenvalue weighted by Crippen LogP contribution is 2.31. The fourth-order valence-corrected chi connectivity index (χ4v) is 3.54. The molecule has 0 aromatic rings. The molecule has 0 bridgehead atoms. The Labute approximate surface area is 104 Å². The largest absolute Gasteiger partial charge is 0.480 e. The van der Waals surface area contributed by atoms with Crippen molar-refractivity contribution in [1.82, 2.24) is 4.90 Å². The average Bonchev–Trinajstić information content (AvgIpc) is 2.74. The Hall–Kier alpha value is -0.570. The van der Waals surface area contributed by atoms with E-state index in [0.717, 1.165) is 37.8 Å². The van der Waals surface area contributed by atoms with Crippen LogP contribution in [0.4, 0.5) is 0 Å². The molecule has 0 radical (unpaired) electrons. The lowest BCUT2D eigenvalue weighted by molar-refractivity contribution is -0.142. The summed E-state index contributed by atoms with van der Waals surface area (Å²) in [4.78, 5) is 13.3. The van der Waals surface area contributed by atoms with E-state index in [9.17, 15) is 4.79 Å². The molecule has 0 amide bonds. The van der Waals surface area contributed by atoms with Crippen LogP contribution in [0.1, 0.15) is 51.9 Å². The molecule has 0 unspecified atom stereocenters. The number of likely N-dealkylation sites (tertiary alicyclic amines) is 1. The predicted molar refractivity (Wildman–Crippen MR) is 68.0 cm³/mol. The zero-order valence-electron chi connectivity index (χ0n) is 10.9. The molecule has 0 aromatic heterocycles. The van der Waals surface area contributed by atoms with Crippen LogP contribution in [0.5, 0.6) is 0 Å². The lowest BCUT2D eigenvalue weighted by atomic mass is 9.81. The summed E-state index contributed by atoms with van der Waals surface area (Å²) in [5.41, 5.74) is 0. The number of carbonyl (C=O) groups is 1. The monoisotopic (exact) mass is 239 g/mol. The van der Waals surface area contributed by atoms with Gasteiger partial charge >= 0.3 is 5.97 Å². The minimum Gasteiger partial charge on any atom is -0.480 e. The van der Waals surface area contributed by atoms with Gasteiger partial charge in [0, 0.05) is 0 Å². The van der Waals surface area contributed by atoms with Crippen LogP contribution < -0.4 is 0 Å². The Morgan fingerprint density at radius 2 is 2.12 bits per heavy atom. The van der Waals surface area contributed by atoms with E-state index in [0.29, 0.717) is 0 Å². The Morgan fingerprint density at radius 1 is 1.29 bits per heavy atom. The van der Waals surface area contributed by atoms with Gasteiger partial charge in [-0.25, -0.2) is 0 Å². The van der Waals surface area contributed by atoms with E-state index < -0.39 is 5.97 Å². The van der Waals surface area contributed by atoms with E-state index in [1.54, 1.807) is 0 Å². The molecule has 3 atom stereocenters. The SMILES string of the molecule is C[C@@H]1CCC[C@@H](CCN2CCC[C@H]2C(=O)O)C1. The van der Waals surface area contributed by atoms with Gasteiger partial charge in [0.1, 0.15) is 6.04 Å².